The Morgan fingerprint density at radius 1 is 1.26 bits per heavy atom. The van der Waals surface area contributed by atoms with Crippen molar-refractivity contribution in [1.29, 1.82) is 0 Å². The predicted molar refractivity (Wildman–Crippen MR) is 83.9 cm³/mol. The normalized spacial score (nSPS) is 10.2. The second-order valence-corrected chi connectivity index (χ2v) is 4.64. The maximum atomic E-state index is 12.4. The van der Waals surface area contributed by atoms with E-state index >= 15 is 0 Å². The minimum atomic E-state index is -0.709. The van der Waals surface area contributed by atoms with Crippen LogP contribution in [0, 0.1) is 0 Å². The van der Waals surface area contributed by atoms with Gasteiger partial charge in [0.05, 0.1) is 19.9 Å². The highest BCUT2D eigenvalue weighted by Gasteiger charge is 2.17. The summed E-state index contributed by atoms with van der Waals surface area (Å²) in [5.74, 6) is -0.177. The summed E-state index contributed by atoms with van der Waals surface area (Å²) in [5, 5.41) is 6.65. The van der Waals surface area contributed by atoms with Crippen LogP contribution in [-0.4, -0.2) is 35.8 Å². The number of nitrogens with two attached hydrogens (primary N) is 1. The lowest BCUT2D eigenvalue weighted by Gasteiger charge is -2.09. The summed E-state index contributed by atoms with van der Waals surface area (Å²) in [6.45, 7) is 2.41. The summed E-state index contributed by atoms with van der Waals surface area (Å²) in [6.07, 6.45) is 1.55. The van der Waals surface area contributed by atoms with Gasteiger partial charge >= 0.3 is 0 Å². The Labute approximate surface area is 133 Å². The molecule has 23 heavy (non-hydrogen) atoms. The first-order valence-electron chi connectivity index (χ1n) is 6.90. The molecule has 0 saturated heterocycles. The number of amides is 2. The van der Waals surface area contributed by atoms with E-state index in [1.54, 1.807) is 24.4 Å². The lowest BCUT2D eigenvalue weighted by atomic mass is 10.2. The van der Waals surface area contributed by atoms with E-state index in [0.717, 1.165) is 0 Å². The van der Waals surface area contributed by atoms with Crippen molar-refractivity contribution in [2.45, 2.75) is 13.5 Å². The molecule has 0 atom stereocenters. The molecule has 0 unspecified atom stereocenters. The first kappa shape index (κ1) is 16.3. The Morgan fingerprint density at radius 3 is 2.52 bits per heavy atom. The van der Waals surface area contributed by atoms with Crippen LogP contribution in [0.25, 0.3) is 0 Å². The Kier molecular flexibility index (Phi) is 4.85. The van der Waals surface area contributed by atoms with Crippen LogP contribution in [0.1, 0.15) is 27.8 Å². The molecule has 2 aromatic rings. The monoisotopic (exact) mass is 318 g/mol. The van der Waals surface area contributed by atoms with E-state index in [9.17, 15) is 9.59 Å². The lowest BCUT2D eigenvalue weighted by Crippen LogP contribution is -2.18. The van der Waals surface area contributed by atoms with Crippen LogP contribution in [-0.2, 0) is 6.54 Å². The second kappa shape index (κ2) is 6.82. The quantitative estimate of drug-likeness (QED) is 0.834. The van der Waals surface area contributed by atoms with E-state index < -0.39 is 11.8 Å². The van der Waals surface area contributed by atoms with E-state index in [0.29, 0.717) is 23.6 Å². The van der Waals surface area contributed by atoms with Gasteiger partial charge in [0.15, 0.2) is 17.2 Å². The predicted octanol–water partition coefficient (Wildman–Crippen LogP) is 1.27. The Morgan fingerprint density at radius 2 is 1.96 bits per heavy atom. The highest BCUT2D eigenvalue weighted by molar-refractivity contribution is 6.08. The number of carbonyl (C=O) groups excluding carboxylic acids is 2. The Hall–Kier alpha value is -3.03. The third-order valence-electron chi connectivity index (χ3n) is 3.21. The molecular formula is C15H18N4O4. The number of nitrogens with zero attached hydrogens (tertiary/aromatic N) is 2. The molecule has 122 valence electrons. The molecule has 0 spiro atoms. The third kappa shape index (κ3) is 3.42. The molecule has 8 nitrogen and oxygen atoms in total. The largest absolute Gasteiger partial charge is 0.493 e. The van der Waals surface area contributed by atoms with Gasteiger partial charge in [-0.3, -0.25) is 14.3 Å². The zero-order chi connectivity index (χ0) is 17.0. The van der Waals surface area contributed by atoms with Gasteiger partial charge in [-0.15, -0.1) is 0 Å². The van der Waals surface area contributed by atoms with Gasteiger partial charge in [-0.2, -0.15) is 5.10 Å². The van der Waals surface area contributed by atoms with Crippen molar-refractivity contribution in [2.75, 3.05) is 19.5 Å². The molecule has 1 heterocycles. The number of hydrogen-bond acceptors (Lipinski definition) is 5. The number of hydrogen-bond donors (Lipinski definition) is 2. The smallest absolute Gasteiger partial charge is 0.271 e. The molecule has 0 aliphatic rings. The van der Waals surface area contributed by atoms with E-state index in [1.165, 1.54) is 18.9 Å². The fourth-order valence-electron chi connectivity index (χ4n) is 2.03. The molecule has 0 fully saturated rings. The van der Waals surface area contributed by atoms with Crippen molar-refractivity contribution >= 4 is 17.5 Å². The van der Waals surface area contributed by atoms with Crippen LogP contribution in [0.15, 0.2) is 24.4 Å². The summed E-state index contributed by atoms with van der Waals surface area (Å²) in [4.78, 5) is 23.8. The number of methoxy groups -OCH3 is 2. The molecule has 0 aliphatic heterocycles. The first-order valence-corrected chi connectivity index (χ1v) is 6.90. The molecule has 0 aliphatic carbocycles. The van der Waals surface area contributed by atoms with Gasteiger partial charge in [0.2, 0.25) is 0 Å². The molecule has 1 aromatic heterocycles. The number of primary amides is 1. The van der Waals surface area contributed by atoms with Gasteiger partial charge in [0, 0.05) is 18.3 Å². The Balaban J connectivity index is 2.29. The van der Waals surface area contributed by atoms with E-state index in [4.69, 9.17) is 15.2 Å². The summed E-state index contributed by atoms with van der Waals surface area (Å²) >= 11 is 0. The SMILES string of the molecule is CCn1cc(NC(=O)c2ccc(OC)c(OC)c2)c(C(N)=O)n1. The van der Waals surface area contributed by atoms with Gasteiger partial charge < -0.3 is 20.5 Å². The summed E-state index contributed by atoms with van der Waals surface area (Å²) in [5.41, 5.74) is 5.90. The highest BCUT2D eigenvalue weighted by Crippen LogP contribution is 2.28. The van der Waals surface area contributed by atoms with Gasteiger partial charge in [0.1, 0.15) is 0 Å². The van der Waals surface area contributed by atoms with Crippen LogP contribution in [0.3, 0.4) is 0 Å². The van der Waals surface area contributed by atoms with Gasteiger partial charge in [-0.05, 0) is 25.1 Å². The van der Waals surface area contributed by atoms with E-state index in [1.807, 2.05) is 6.92 Å². The number of anilines is 1. The average molecular weight is 318 g/mol. The molecule has 2 rings (SSSR count). The van der Waals surface area contributed by atoms with E-state index in [-0.39, 0.29) is 11.4 Å². The molecule has 0 saturated carbocycles. The number of aromatic nitrogens is 2. The highest BCUT2D eigenvalue weighted by atomic mass is 16.5. The number of benzene rings is 1. The van der Waals surface area contributed by atoms with E-state index in [2.05, 4.69) is 10.4 Å². The average Bonchev–Trinajstić information content (AvgIpc) is 2.97. The van der Waals surface area contributed by atoms with Crippen molar-refractivity contribution in [2.24, 2.45) is 5.73 Å². The van der Waals surface area contributed by atoms with Crippen LogP contribution >= 0.6 is 0 Å². The summed E-state index contributed by atoms with van der Waals surface area (Å²) in [6, 6.07) is 4.76. The molecule has 3 N–H and O–H groups in total. The lowest BCUT2D eigenvalue weighted by molar-refractivity contribution is 0.0995. The molecule has 2 amide bonds. The molecule has 8 heteroatoms. The van der Waals surface area contributed by atoms with Crippen LogP contribution < -0.4 is 20.5 Å². The number of ether oxygens (including phenoxy) is 2. The van der Waals surface area contributed by atoms with Crippen LogP contribution in [0.4, 0.5) is 5.69 Å². The number of carbonyl (C=O) groups is 2. The van der Waals surface area contributed by atoms with Crippen LogP contribution in [0.5, 0.6) is 11.5 Å². The minimum Gasteiger partial charge on any atom is -0.493 e. The molecular weight excluding hydrogens is 300 g/mol. The molecule has 0 bridgehead atoms. The van der Waals surface area contributed by atoms with Crippen LogP contribution in [0.2, 0.25) is 0 Å². The minimum absolute atomic E-state index is 0.0145. The van der Waals surface area contributed by atoms with Crippen molar-refractivity contribution < 1.29 is 19.1 Å². The first-order chi connectivity index (χ1) is 11.0. The van der Waals surface area contributed by atoms with Gasteiger partial charge in [-0.25, -0.2) is 0 Å². The van der Waals surface area contributed by atoms with Crippen molar-refractivity contribution in [3.05, 3.63) is 35.7 Å². The standard InChI is InChI=1S/C15H18N4O4/c1-4-19-8-10(13(18-19)14(16)20)17-15(21)9-5-6-11(22-2)12(7-9)23-3/h5-8H,4H2,1-3H3,(H2,16,20)(H,17,21). The van der Waals surface area contributed by atoms with Crippen molar-refractivity contribution in [1.82, 2.24) is 9.78 Å². The Bertz CT molecular complexity index is 739. The summed E-state index contributed by atoms with van der Waals surface area (Å²) in [7, 11) is 2.99. The number of nitrogens with one attached hydrogen (secondary N) is 1. The third-order valence-corrected chi connectivity index (χ3v) is 3.21. The zero-order valence-corrected chi connectivity index (χ0v) is 13.1. The van der Waals surface area contributed by atoms with Crippen molar-refractivity contribution in [3.8, 4) is 11.5 Å². The fourth-order valence-corrected chi connectivity index (χ4v) is 2.03. The number of rotatable bonds is 6. The molecule has 1 aromatic carbocycles. The van der Waals surface area contributed by atoms with Gasteiger partial charge in [0.25, 0.3) is 11.8 Å². The maximum absolute atomic E-state index is 12.4. The zero-order valence-electron chi connectivity index (χ0n) is 13.1. The topological polar surface area (TPSA) is 108 Å². The maximum Gasteiger partial charge on any atom is 0.271 e. The number of aryl methyl sites for hydroxylation is 1. The van der Waals surface area contributed by atoms with Gasteiger partial charge in [-0.1, -0.05) is 0 Å². The second-order valence-electron chi connectivity index (χ2n) is 4.64. The molecule has 0 radical (unpaired) electrons. The summed E-state index contributed by atoms with van der Waals surface area (Å²) < 4.78 is 11.8. The van der Waals surface area contributed by atoms with Crippen molar-refractivity contribution in [3.63, 3.8) is 0 Å². The fraction of sp³-hybridized carbons (Fsp3) is 0.267.